The fraction of sp³-hybridized carbons (Fsp3) is 0.250. The number of hydrogen-bond donors (Lipinski definition) is 1. The van der Waals surface area contributed by atoms with Crippen LogP contribution < -0.4 is 5.32 Å². The lowest BCUT2D eigenvalue weighted by Gasteiger charge is -2.32. The standard InChI is InChI=1S/C16H15N3S/c1-11-13(9-17)16(2,3)14(10-18)15(19-11)7-6-12-5-4-8-20-12/h4-8,19H,1-3H3/b7-6+. The molecule has 20 heavy (non-hydrogen) atoms. The third kappa shape index (κ3) is 2.39. The SMILES string of the molecule is CC1=C(C#N)C(C)(C)C(C#N)=C(/C=C/c2cccs2)N1. The van der Waals surface area contributed by atoms with Crippen molar-refractivity contribution in [1.29, 1.82) is 10.5 Å². The molecule has 0 aromatic carbocycles. The zero-order chi connectivity index (χ0) is 14.8. The van der Waals surface area contributed by atoms with Crippen molar-refractivity contribution in [3.05, 3.63) is 51.0 Å². The highest BCUT2D eigenvalue weighted by Gasteiger charge is 2.35. The van der Waals surface area contributed by atoms with Gasteiger partial charge in [-0.2, -0.15) is 10.5 Å². The molecule has 1 N–H and O–H groups in total. The van der Waals surface area contributed by atoms with Crippen molar-refractivity contribution in [2.24, 2.45) is 5.41 Å². The normalized spacial score (nSPS) is 17.9. The molecule has 2 rings (SSSR count). The smallest absolute Gasteiger partial charge is 0.0978 e. The monoisotopic (exact) mass is 281 g/mol. The van der Waals surface area contributed by atoms with Crippen LogP contribution in [0.25, 0.3) is 6.08 Å². The second-order valence-electron chi connectivity index (χ2n) is 5.11. The number of nitriles is 2. The van der Waals surface area contributed by atoms with E-state index in [0.29, 0.717) is 11.1 Å². The maximum atomic E-state index is 9.44. The van der Waals surface area contributed by atoms with E-state index < -0.39 is 5.41 Å². The number of nitrogens with one attached hydrogen (secondary N) is 1. The summed E-state index contributed by atoms with van der Waals surface area (Å²) < 4.78 is 0. The van der Waals surface area contributed by atoms with Gasteiger partial charge in [-0.05, 0) is 30.5 Å². The van der Waals surface area contributed by atoms with Crippen molar-refractivity contribution in [2.75, 3.05) is 0 Å². The van der Waals surface area contributed by atoms with E-state index in [2.05, 4.69) is 17.5 Å². The van der Waals surface area contributed by atoms with Gasteiger partial charge in [0.05, 0.1) is 29.0 Å². The minimum absolute atomic E-state index is 0.562. The predicted octanol–water partition coefficient (Wildman–Crippen LogP) is 3.97. The first-order valence-corrected chi connectivity index (χ1v) is 7.13. The summed E-state index contributed by atoms with van der Waals surface area (Å²) in [6.07, 6.45) is 3.88. The second kappa shape index (κ2) is 5.36. The molecule has 0 unspecified atom stereocenters. The summed E-state index contributed by atoms with van der Waals surface area (Å²) in [6.45, 7) is 5.69. The van der Waals surface area contributed by atoms with E-state index in [9.17, 15) is 10.5 Å². The quantitative estimate of drug-likeness (QED) is 0.892. The molecule has 1 aromatic heterocycles. The molecule has 1 aromatic rings. The topological polar surface area (TPSA) is 59.6 Å². The Kier molecular flexibility index (Phi) is 3.79. The lowest BCUT2D eigenvalue weighted by atomic mass is 9.74. The molecule has 0 saturated heterocycles. The largest absolute Gasteiger partial charge is 0.357 e. The highest BCUT2D eigenvalue weighted by Crippen LogP contribution is 2.40. The Bertz CT molecular complexity index is 689. The van der Waals surface area contributed by atoms with Crippen LogP contribution in [-0.2, 0) is 0 Å². The van der Waals surface area contributed by atoms with Gasteiger partial charge in [0.15, 0.2) is 0 Å². The fourth-order valence-electron chi connectivity index (χ4n) is 2.36. The minimum Gasteiger partial charge on any atom is -0.357 e. The van der Waals surface area contributed by atoms with Gasteiger partial charge in [0.25, 0.3) is 0 Å². The van der Waals surface area contributed by atoms with E-state index in [1.807, 2.05) is 50.4 Å². The molecule has 3 nitrogen and oxygen atoms in total. The Hall–Kier alpha value is -2.30. The molecular weight excluding hydrogens is 266 g/mol. The molecule has 1 aliphatic heterocycles. The first-order chi connectivity index (χ1) is 9.50. The highest BCUT2D eigenvalue weighted by molar-refractivity contribution is 7.10. The molecule has 0 spiro atoms. The molecule has 0 radical (unpaired) electrons. The lowest BCUT2D eigenvalue weighted by molar-refractivity contribution is 0.538. The van der Waals surface area contributed by atoms with Crippen molar-refractivity contribution < 1.29 is 0 Å². The molecular formula is C16H15N3S. The summed E-state index contributed by atoms with van der Waals surface area (Å²) in [5.41, 5.74) is 2.22. The van der Waals surface area contributed by atoms with E-state index in [-0.39, 0.29) is 0 Å². The summed E-state index contributed by atoms with van der Waals surface area (Å²) in [5, 5.41) is 23.9. The maximum absolute atomic E-state index is 9.44. The van der Waals surface area contributed by atoms with Gasteiger partial charge in [-0.1, -0.05) is 19.9 Å². The first kappa shape index (κ1) is 14.1. The third-order valence-corrected chi connectivity index (χ3v) is 4.24. The average Bonchev–Trinajstić information content (AvgIpc) is 2.88. The Balaban J connectivity index is 2.45. The van der Waals surface area contributed by atoms with E-state index >= 15 is 0 Å². The summed E-state index contributed by atoms with van der Waals surface area (Å²) in [4.78, 5) is 1.13. The zero-order valence-electron chi connectivity index (χ0n) is 11.7. The van der Waals surface area contributed by atoms with Crippen LogP contribution in [0.2, 0.25) is 0 Å². The molecule has 0 bridgehead atoms. The second-order valence-corrected chi connectivity index (χ2v) is 6.09. The van der Waals surface area contributed by atoms with Crippen LogP contribution in [0, 0.1) is 28.1 Å². The number of thiophene rings is 1. The van der Waals surface area contributed by atoms with Crippen LogP contribution >= 0.6 is 11.3 Å². The van der Waals surface area contributed by atoms with Crippen LogP contribution in [-0.4, -0.2) is 0 Å². The van der Waals surface area contributed by atoms with Gasteiger partial charge in [0, 0.05) is 16.0 Å². The van der Waals surface area contributed by atoms with Gasteiger partial charge in [-0.3, -0.25) is 0 Å². The van der Waals surface area contributed by atoms with E-state index in [1.165, 1.54) is 0 Å². The van der Waals surface area contributed by atoms with Crippen molar-refractivity contribution in [1.82, 2.24) is 5.32 Å². The van der Waals surface area contributed by atoms with Crippen LogP contribution in [0.15, 0.2) is 46.1 Å². The first-order valence-electron chi connectivity index (χ1n) is 6.25. The predicted molar refractivity (Wildman–Crippen MR) is 81.2 cm³/mol. The van der Waals surface area contributed by atoms with Gasteiger partial charge in [0.1, 0.15) is 0 Å². The molecule has 100 valence electrons. The number of dihydropyridines is 1. The number of rotatable bonds is 2. The highest BCUT2D eigenvalue weighted by atomic mass is 32.1. The van der Waals surface area contributed by atoms with E-state index in [1.54, 1.807) is 11.3 Å². The molecule has 0 atom stereocenters. The third-order valence-electron chi connectivity index (χ3n) is 3.40. The number of allylic oxidation sites excluding steroid dienone is 4. The molecule has 4 heteroatoms. The maximum Gasteiger partial charge on any atom is 0.0978 e. The average molecular weight is 281 g/mol. The van der Waals surface area contributed by atoms with Crippen molar-refractivity contribution >= 4 is 17.4 Å². The molecule has 1 aliphatic rings. The van der Waals surface area contributed by atoms with Crippen molar-refractivity contribution in [3.8, 4) is 12.1 Å². The van der Waals surface area contributed by atoms with E-state index in [4.69, 9.17) is 0 Å². The Labute approximate surface area is 123 Å². The molecule has 0 amide bonds. The molecule has 0 fully saturated rings. The summed E-state index contributed by atoms with van der Waals surface area (Å²) in [5.74, 6) is 0. The lowest BCUT2D eigenvalue weighted by Crippen LogP contribution is -2.30. The van der Waals surface area contributed by atoms with Gasteiger partial charge >= 0.3 is 0 Å². The minimum atomic E-state index is -0.562. The van der Waals surface area contributed by atoms with Crippen molar-refractivity contribution in [2.45, 2.75) is 20.8 Å². The van der Waals surface area contributed by atoms with Crippen LogP contribution in [0.4, 0.5) is 0 Å². The number of hydrogen-bond acceptors (Lipinski definition) is 4. The van der Waals surface area contributed by atoms with Gasteiger partial charge in [-0.25, -0.2) is 0 Å². The summed E-state index contributed by atoms with van der Waals surface area (Å²) >= 11 is 1.64. The Morgan fingerprint density at radius 1 is 1.20 bits per heavy atom. The molecule has 2 heterocycles. The summed E-state index contributed by atoms with van der Waals surface area (Å²) in [6, 6.07) is 8.46. The van der Waals surface area contributed by atoms with Crippen LogP contribution in [0.5, 0.6) is 0 Å². The molecule has 0 saturated carbocycles. The Morgan fingerprint density at radius 3 is 2.45 bits per heavy atom. The van der Waals surface area contributed by atoms with Gasteiger partial charge in [-0.15, -0.1) is 11.3 Å². The van der Waals surface area contributed by atoms with Crippen LogP contribution in [0.1, 0.15) is 25.6 Å². The number of nitrogens with zero attached hydrogens (tertiary/aromatic N) is 2. The zero-order valence-corrected chi connectivity index (χ0v) is 12.5. The van der Waals surface area contributed by atoms with Gasteiger partial charge < -0.3 is 5.32 Å². The summed E-state index contributed by atoms with van der Waals surface area (Å²) in [7, 11) is 0. The van der Waals surface area contributed by atoms with Gasteiger partial charge in [0.2, 0.25) is 0 Å². The van der Waals surface area contributed by atoms with E-state index in [0.717, 1.165) is 16.3 Å². The van der Waals surface area contributed by atoms with Crippen LogP contribution in [0.3, 0.4) is 0 Å². The fourth-order valence-corrected chi connectivity index (χ4v) is 2.98. The molecule has 0 aliphatic carbocycles. The van der Waals surface area contributed by atoms with Crippen molar-refractivity contribution in [3.63, 3.8) is 0 Å². The Morgan fingerprint density at radius 2 is 1.90 bits per heavy atom.